The van der Waals surface area contributed by atoms with E-state index in [2.05, 4.69) is 10.1 Å². The standard InChI is InChI=1S/C18H16N2O6S/c1-26-18(23)12-5-4-6-13(11-12)19-16(21)9-10-20-17(22)14-7-2-3-8-15(14)27(20,24)25/h2-8,11H,9-10H2,1H3,(H,19,21). The summed E-state index contributed by atoms with van der Waals surface area (Å²) in [6.45, 7) is -0.279. The summed E-state index contributed by atoms with van der Waals surface area (Å²) < 4.78 is 30.2. The van der Waals surface area contributed by atoms with Gasteiger partial charge in [-0.3, -0.25) is 9.59 Å². The molecule has 1 aliphatic heterocycles. The van der Waals surface area contributed by atoms with Gasteiger partial charge in [0, 0.05) is 18.7 Å². The fraction of sp³-hybridized carbons (Fsp3) is 0.167. The summed E-state index contributed by atoms with van der Waals surface area (Å²) in [5, 5.41) is 2.57. The van der Waals surface area contributed by atoms with Crippen molar-refractivity contribution in [1.82, 2.24) is 4.31 Å². The van der Waals surface area contributed by atoms with Crippen LogP contribution in [0.3, 0.4) is 0 Å². The van der Waals surface area contributed by atoms with Gasteiger partial charge in [0.1, 0.15) is 4.90 Å². The SMILES string of the molecule is COC(=O)c1cccc(NC(=O)CCN2C(=O)c3ccccc3S2(=O)=O)c1. The highest BCUT2D eigenvalue weighted by Gasteiger charge is 2.40. The van der Waals surface area contributed by atoms with Crippen molar-refractivity contribution >= 4 is 33.5 Å². The molecule has 2 aromatic rings. The van der Waals surface area contributed by atoms with E-state index < -0.39 is 27.8 Å². The quantitative estimate of drug-likeness (QED) is 0.780. The van der Waals surface area contributed by atoms with Crippen molar-refractivity contribution in [2.75, 3.05) is 19.0 Å². The molecule has 1 heterocycles. The lowest BCUT2D eigenvalue weighted by molar-refractivity contribution is -0.116. The van der Waals surface area contributed by atoms with Crippen LogP contribution >= 0.6 is 0 Å². The molecule has 9 heteroatoms. The molecule has 0 fully saturated rings. The number of fused-ring (bicyclic) bond motifs is 1. The van der Waals surface area contributed by atoms with Gasteiger partial charge in [0.15, 0.2) is 0 Å². The molecule has 2 aromatic carbocycles. The van der Waals surface area contributed by atoms with Crippen LogP contribution in [-0.2, 0) is 19.6 Å². The highest BCUT2D eigenvalue weighted by atomic mass is 32.2. The molecule has 0 unspecified atom stereocenters. The number of benzene rings is 2. The summed E-state index contributed by atoms with van der Waals surface area (Å²) in [6.07, 6.45) is -0.221. The largest absolute Gasteiger partial charge is 0.465 e. The van der Waals surface area contributed by atoms with E-state index in [0.29, 0.717) is 9.99 Å². The third kappa shape index (κ3) is 3.54. The topological polar surface area (TPSA) is 110 Å². The molecule has 0 aliphatic carbocycles. The molecule has 1 aliphatic rings. The van der Waals surface area contributed by atoms with E-state index in [1.165, 1.54) is 37.4 Å². The summed E-state index contributed by atoms with van der Waals surface area (Å²) in [6, 6.07) is 12.1. The fourth-order valence-electron chi connectivity index (χ4n) is 2.72. The Balaban J connectivity index is 1.67. The van der Waals surface area contributed by atoms with Crippen LogP contribution in [-0.4, -0.2) is 44.2 Å². The van der Waals surface area contributed by atoms with Gasteiger partial charge in [-0.05, 0) is 30.3 Å². The van der Waals surface area contributed by atoms with Gasteiger partial charge in [0.25, 0.3) is 15.9 Å². The maximum absolute atomic E-state index is 12.4. The number of amides is 2. The van der Waals surface area contributed by atoms with Crippen LogP contribution in [0.5, 0.6) is 0 Å². The summed E-state index contributed by atoms with van der Waals surface area (Å²) in [7, 11) is -2.69. The molecule has 140 valence electrons. The number of nitrogens with zero attached hydrogens (tertiary/aromatic N) is 1. The van der Waals surface area contributed by atoms with Gasteiger partial charge < -0.3 is 10.1 Å². The van der Waals surface area contributed by atoms with Crippen LogP contribution in [0.2, 0.25) is 0 Å². The Morgan fingerprint density at radius 2 is 1.85 bits per heavy atom. The number of ether oxygens (including phenoxy) is 1. The molecule has 8 nitrogen and oxygen atoms in total. The molecule has 2 amide bonds. The van der Waals surface area contributed by atoms with Crippen molar-refractivity contribution in [1.29, 1.82) is 0 Å². The van der Waals surface area contributed by atoms with Crippen molar-refractivity contribution in [2.24, 2.45) is 0 Å². The third-order valence-corrected chi connectivity index (χ3v) is 5.86. The zero-order chi connectivity index (χ0) is 19.6. The average Bonchev–Trinajstić information content (AvgIpc) is 2.86. The number of sulfonamides is 1. The first kappa shape index (κ1) is 18.6. The zero-order valence-corrected chi connectivity index (χ0v) is 15.2. The monoisotopic (exact) mass is 388 g/mol. The lowest BCUT2D eigenvalue weighted by atomic mass is 10.2. The van der Waals surface area contributed by atoms with Crippen molar-refractivity contribution in [3.8, 4) is 0 Å². The molecule has 0 saturated carbocycles. The van der Waals surface area contributed by atoms with Gasteiger partial charge in [-0.1, -0.05) is 18.2 Å². The van der Waals surface area contributed by atoms with Gasteiger partial charge in [-0.25, -0.2) is 17.5 Å². The molecule has 27 heavy (non-hydrogen) atoms. The van der Waals surface area contributed by atoms with Crippen LogP contribution in [0, 0.1) is 0 Å². The smallest absolute Gasteiger partial charge is 0.337 e. The van der Waals surface area contributed by atoms with E-state index in [-0.39, 0.29) is 29.0 Å². The Hall–Kier alpha value is -3.20. The Morgan fingerprint density at radius 3 is 2.56 bits per heavy atom. The number of hydrogen-bond donors (Lipinski definition) is 1. The number of nitrogens with one attached hydrogen (secondary N) is 1. The molecular formula is C18H16N2O6S. The van der Waals surface area contributed by atoms with Crippen LogP contribution in [0.4, 0.5) is 5.69 Å². The maximum atomic E-state index is 12.4. The average molecular weight is 388 g/mol. The van der Waals surface area contributed by atoms with E-state index in [1.807, 2.05) is 0 Å². The van der Waals surface area contributed by atoms with Crippen LogP contribution in [0.1, 0.15) is 27.1 Å². The van der Waals surface area contributed by atoms with Crippen molar-refractivity contribution in [2.45, 2.75) is 11.3 Å². The Bertz CT molecular complexity index is 1030. The first-order chi connectivity index (χ1) is 12.8. The number of esters is 1. The molecule has 0 saturated heterocycles. The first-order valence-corrected chi connectivity index (χ1v) is 9.43. The second kappa shape index (κ2) is 7.20. The van der Waals surface area contributed by atoms with Crippen molar-refractivity contribution in [3.05, 3.63) is 59.7 Å². The normalized spacial score (nSPS) is 14.6. The van der Waals surface area contributed by atoms with E-state index in [0.717, 1.165) is 0 Å². The third-order valence-electron chi connectivity index (χ3n) is 4.02. The number of anilines is 1. The van der Waals surface area contributed by atoms with E-state index in [9.17, 15) is 22.8 Å². The summed E-state index contributed by atoms with van der Waals surface area (Å²) in [5.74, 6) is -1.68. The van der Waals surface area contributed by atoms with Crippen LogP contribution in [0.15, 0.2) is 53.4 Å². The minimum atomic E-state index is -3.94. The van der Waals surface area contributed by atoms with Gasteiger partial charge in [-0.15, -0.1) is 0 Å². The lowest BCUT2D eigenvalue weighted by Crippen LogP contribution is -2.33. The minimum Gasteiger partial charge on any atom is -0.465 e. The van der Waals surface area contributed by atoms with E-state index in [1.54, 1.807) is 18.2 Å². The van der Waals surface area contributed by atoms with Crippen molar-refractivity contribution in [3.63, 3.8) is 0 Å². The molecule has 0 radical (unpaired) electrons. The molecule has 0 aromatic heterocycles. The predicted octanol–water partition coefficient (Wildman–Crippen LogP) is 1.65. The van der Waals surface area contributed by atoms with Gasteiger partial charge in [-0.2, -0.15) is 0 Å². The highest BCUT2D eigenvalue weighted by Crippen LogP contribution is 2.29. The van der Waals surface area contributed by atoms with Gasteiger partial charge >= 0.3 is 5.97 Å². The summed E-state index contributed by atoms with van der Waals surface area (Å²) in [4.78, 5) is 35.9. The number of hydrogen-bond acceptors (Lipinski definition) is 6. The Labute approximate surface area is 155 Å². The number of rotatable bonds is 5. The molecule has 0 spiro atoms. The summed E-state index contributed by atoms with van der Waals surface area (Å²) >= 11 is 0. The second-order valence-electron chi connectivity index (χ2n) is 5.75. The second-order valence-corrected chi connectivity index (χ2v) is 7.58. The van der Waals surface area contributed by atoms with Crippen LogP contribution in [0.25, 0.3) is 0 Å². The summed E-state index contributed by atoms with van der Waals surface area (Å²) in [5.41, 5.74) is 0.730. The van der Waals surface area contributed by atoms with Gasteiger partial charge in [0.05, 0.1) is 18.2 Å². The van der Waals surface area contributed by atoms with Gasteiger partial charge in [0.2, 0.25) is 5.91 Å². The molecule has 3 rings (SSSR count). The Morgan fingerprint density at radius 1 is 1.11 bits per heavy atom. The fourth-order valence-corrected chi connectivity index (χ4v) is 4.29. The highest BCUT2D eigenvalue weighted by molar-refractivity contribution is 7.90. The molecule has 0 atom stereocenters. The van der Waals surface area contributed by atoms with E-state index >= 15 is 0 Å². The predicted molar refractivity (Wildman–Crippen MR) is 95.7 cm³/mol. The van der Waals surface area contributed by atoms with Crippen molar-refractivity contribution < 1.29 is 27.5 Å². The number of carbonyl (C=O) groups excluding carboxylic acids is 3. The Kier molecular flexibility index (Phi) is 4.95. The molecule has 1 N–H and O–H groups in total. The maximum Gasteiger partial charge on any atom is 0.337 e. The molecule has 0 bridgehead atoms. The number of methoxy groups -OCH3 is 1. The first-order valence-electron chi connectivity index (χ1n) is 7.99. The van der Waals surface area contributed by atoms with Crippen LogP contribution < -0.4 is 5.32 Å². The lowest BCUT2D eigenvalue weighted by Gasteiger charge is -2.15. The minimum absolute atomic E-state index is 0.0545. The van der Waals surface area contributed by atoms with E-state index in [4.69, 9.17) is 0 Å². The molecular weight excluding hydrogens is 372 g/mol. The number of carbonyl (C=O) groups is 3. The zero-order valence-electron chi connectivity index (χ0n) is 14.3.